The molecule has 0 radical (unpaired) electrons. The number of nitrogens with one attached hydrogen (secondary N) is 1. The second-order valence-electron chi connectivity index (χ2n) is 7.44. The van der Waals surface area contributed by atoms with Crippen molar-refractivity contribution in [1.29, 1.82) is 0 Å². The summed E-state index contributed by atoms with van der Waals surface area (Å²) < 4.78 is 25.4. The maximum absolute atomic E-state index is 12.6. The van der Waals surface area contributed by atoms with Crippen molar-refractivity contribution in [3.63, 3.8) is 0 Å². The van der Waals surface area contributed by atoms with Gasteiger partial charge in [-0.3, -0.25) is 9.13 Å². The SMILES string of the molecule is CCC(CCO[C@H]([C@H](O)CO)n1cnc2c(NC)ncnc21)OP(=O)(O)C(O)(CC)CC. The molecule has 13 heteroatoms. The van der Waals surface area contributed by atoms with E-state index in [0.29, 0.717) is 23.4 Å². The topological polar surface area (TPSA) is 172 Å². The molecule has 0 aromatic carbocycles. The fourth-order valence-corrected chi connectivity index (χ4v) is 4.94. The van der Waals surface area contributed by atoms with E-state index < -0.39 is 38.0 Å². The van der Waals surface area contributed by atoms with Crippen molar-refractivity contribution in [3.8, 4) is 0 Å². The average Bonchev–Trinajstić information content (AvgIpc) is 3.23. The maximum atomic E-state index is 12.6. The molecular weight excluding hydrogens is 441 g/mol. The summed E-state index contributed by atoms with van der Waals surface area (Å²) >= 11 is 0. The maximum Gasteiger partial charge on any atom is 0.359 e. The zero-order valence-corrected chi connectivity index (χ0v) is 19.8. The number of aromatic nitrogens is 4. The van der Waals surface area contributed by atoms with Crippen LogP contribution < -0.4 is 5.32 Å². The monoisotopic (exact) mass is 475 g/mol. The number of rotatable bonds is 14. The van der Waals surface area contributed by atoms with Gasteiger partial charge in [-0.25, -0.2) is 15.0 Å². The van der Waals surface area contributed by atoms with E-state index in [1.54, 1.807) is 27.8 Å². The molecule has 2 unspecified atom stereocenters. The standard InChI is InChI=1S/C19H34N5O7P/c1-5-13(31-32(28,29)19(27,6-2)7-3)8-9-30-18(14(26)10-25)24-12-23-15-16(20-4)21-11-22-17(15)24/h11-14,18,25-27H,5-10H2,1-4H3,(H,28,29)(H,20,21,22)/t13?,14-,18-/m1/s1. The predicted molar refractivity (Wildman–Crippen MR) is 118 cm³/mol. The van der Waals surface area contributed by atoms with Crippen molar-refractivity contribution in [2.24, 2.45) is 0 Å². The van der Waals surface area contributed by atoms with Crippen LogP contribution in [0, 0.1) is 0 Å². The molecule has 0 aliphatic carbocycles. The summed E-state index contributed by atoms with van der Waals surface area (Å²) in [5.74, 6) is 0.503. The van der Waals surface area contributed by atoms with Crippen molar-refractivity contribution in [2.45, 2.75) is 70.2 Å². The van der Waals surface area contributed by atoms with E-state index in [0.717, 1.165) is 0 Å². The molecule has 4 atom stereocenters. The second-order valence-corrected chi connectivity index (χ2v) is 9.53. The molecule has 0 saturated heterocycles. The zero-order chi connectivity index (χ0) is 23.9. The zero-order valence-electron chi connectivity index (χ0n) is 18.9. The predicted octanol–water partition coefficient (Wildman–Crippen LogP) is 1.62. The highest BCUT2D eigenvalue weighted by molar-refractivity contribution is 7.54. The van der Waals surface area contributed by atoms with Gasteiger partial charge in [0.05, 0.1) is 25.6 Å². The van der Waals surface area contributed by atoms with Gasteiger partial charge in [-0.05, 0) is 25.7 Å². The number of aliphatic hydroxyl groups is 3. The van der Waals surface area contributed by atoms with E-state index in [2.05, 4.69) is 20.3 Å². The summed E-state index contributed by atoms with van der Waals surface area (Å²) in [5, 5.41) is 31.3. The first-order chi connectivity index (χ1) is 15.2. The molecule has 12 nitrogen and oxygen atoms in total. The molecule has 0 fully saturated rings. The third kappa shape index (κ3) is 5.63. The molecule has 0 bridgehead atoms. The Morgan fingerprint density at radius 3 is 2.50 bits per heavy atom. The Morgan fingerprint density at radius 2 is 1.94 bits per heavy atom. The minimum Gasteiger partial charge on any atom is -0.394 e. The molecule has 0 spiro atoms. The largest absolute Gasteiger partial charge is 0.394 e. The number of nitrogens with zero attached hydrogens (tertiary/aromatic N) is 4. The fraction of sp³-hybridized carbons (Fsp3) is 0.737. The van der Waals surface area contributed by atoms with Crippen molar-refractivity contribution >= 4 is 24.6 Å². The van der Waals surface area contributed by atoms with Crippen LogP contribution in [0.2, 0.25) is 0 Å². The number of anilines is 1. The highest BCUT2D eigenvalue weighted by Crippen LogP contribution is 2.58. The number of ether oxygens (including phenoxy) is 1. The van der Waals surface area contributed by atoms with Crippen LogP contribution in [0.1, 0.15) is 52.7 Å². The molecule has 182 valence electrons. The highest BCUT2D eigenvalue weighted by atomic mass is 31.2. The Kier molecular flexibility index (Phi) is 9.53. The fourth-order valence-electron chi connectivity index (χ4n) is 3.29. The summed E-state index contributed by atoms with van der Waals surface area (Å²) in [4.78, 5) is 22.9. The first kappa shape index (κ1) is 26.6. The van der Waals surface area contributed by atoms with Crippen LogP contribution in [0.15, 0.2) is 12.7 Å². The number of fused-ring (bicyclic) bond motifs is 1. The summed E-state index contributed by atoms with van der Waals surface area (Å²) in [5.41, 5.74) is 0.879. The average molecular weight is 475 g/mol. The van der Waals surface area contributed by atoms with Gasteiger partial charge in [0.25, 0.3) is 0 Å². The first-order valence-corrected chi connectivity index (χ1v) is 12.2. The Labute approximate surface area is 187 Å². The van der Waals surface area contributed by atoms with Crippen LogP contribution in [0.25, 0.3) is 11.2 Å². The van der Waals surface area contributed by atoms with E-state index in [-0.39, 0.29) is 25.9 Å². The van der Waals surface area contributed by atoms with Gasteiger partial charge in [0.15, 0.2) is 23.0 Å². The number of aliphatic hydroxyl groups excluding tert-OH is 2. The summed E-state index contributed by atoms with van der Waals surface area (Å²) in [6.07, 6.45) is 0.652. The number of hydrogen-bond acceptors (Lipinski definition) is 10. The minimum atomic E-state index is -4.29. The van der Waals surface area contributed by atoms with E-state index in [4.69, 9.17) is 9.26 Å². The number of hydrogen-bond donors (Lipinski definition) is 5. The van der Waals surface area contributed by atoms with E-state index in [1.807, 2.05) is 0 Å². The van der Waals surface area contributed by atoms with Gasteiger partial charge in [0, 0.05) is 7.05 Å². The molecule has 2 aromatic heterocycles. The first-order valence-electron chi connectivity index (χ1n) is 10.7. The van der Waals surface area contributed by atoms with Crippen LogP contribution in [-0.4, -0.2) is 77.5 Å². The molecule has 2 aromatic rings. The molecule has 0 amide bonds. The van der Waals surface area contributed by atoms with E-state index in [9.17, 15) is 24.8 Å². The summed E-state index contributed by atoms with van der Waals surface area (Å²) in [6.45, 7) is 4.52. The lowest BCUT2D eigenvalue weighted by Crippen LogP contribution is -2.32. The summed E-state index contributed by atoms with van der Waals surface area (Å²) in [6, 6.07) is 0. The smallest absolute Gasteiger partial charge is 0.359 e. The normalized spacial score (nSPS) is 17.1. The second kappa shape index (κ2) is 11.5. The van der Waals surface area contributed by atoms with Crippen LogP contribution in [0.5, 0.6) is 0 Å². The van der Waals surface area contributed by atoms with Crippen LogP contribution in [0.3, 0.4) is 0 Å². The third-order valence-corrected chi connectivity index (χ3v) is 7.79. The molecular formula is C19H34N5O7P. The van der Waals surface area contributed by atoms with Crippen molar-refractivity contribution in [1.82, 2.24) is 19.5 Å². The Balaban J connectivity index is 2.14. The van der Waals surface area contributed by atoms with Crippen LogP contribution >= 0.6 is 7.60 Å². The molecule has 5 N–H and O–H groups in total. The van der Waals surface area contributed by atoms with Gasteiger partial charge in [0.1, 0.15) is 17.9 Å². The third-order valence-electron chi connectivity index (χ3n) is 5.52. The van der Waals surface area contributed by atoms with Gasteiger partial charge >= 0.3 is 7.60 Å². The Morgan fingerprint density at radius 1 is 1.25 bits per heavy atom. The molecule has 0 aliphatic rings. The number of imidazole rings is 1. The molecule has 0 aliphatic heterocycles. The van der Waals surface area contributed by atoms with E-state index in [1.165, 1.54) is 17.2 Å². The van der Waals surface area contributed by atoms with E-state index >= 15 is 0 Å². The van der Waals surface area contributed by atoms with Gasteiger partial charge in [-0.2, -0.15) is 0 Å². The van der Waals surface area contributed by atoms with Gasteiger partial charge in [0.2, 0.25) is 0 Å². The molecule has 2 rings (SSSR count). The van der Waals surface area contributed by atoms with Crippen molar-refractivity contribution in [3.05, 3.63) is 12.7 Å². The van der Waals surface area contributed by atoms with Gasteiger partial charge in [-0.15, -0.1) is 0 Å². The molecule has 2 heterocycles. The minimum absolute atomic E-state index is 0.0422. The lowest BCUT2D eigenvalue weighted by molar-refractivity contribution is -0.101. The highest BCUT2D eigenvalue weighted by Gasteiger charge is 2.45. The van der Waals surface area contributed by atoms with Crippen LogP contribution in [0.4, 0.5) is 5.82 Å². The van der Waals surface area contributed by atoms with Crippen LogP contribution in [-0.2, 0) is 13.8 Å². The lowest BCUT2D eigenvalue weighted by atomic mass is 10.2. The summed E-state index contributed by atoms with van der Waals surface area (Å²) in [7, 11) is -2.60. The van der Waals surface area contributed by atoms with Crippen molar-refractivity contribution in [2.75, 3.05) is 25.6 Å². The Hall–Kier alpha value is -1.66. The van der Waals surface area contributed by atoms with Gasteiger partial charge < -0.3 is 34.8 Å². The Bertz CT molecular complexity index is 907. The van der Waals surface area contributed by atoms with Crippen molar-refractivity contribution < 1.29 is 34.0 Å². The molecule has 0 saturated carbocycles. The molecule has 32 heavy (non-hydrogen) atoms. The lowest BCUT2D eigenvalue weighted by Gasteiger charge is -2.32. The quantitative estimate of drug-likeness (QED) is 0.251. The van der Waals surface area contributed by atoms with Gasteiger partial charge in [-0.1, -0.05) is 20.8 Å².